The molecule has 0 radical (unpaired) electrons. The summed E-state index contributed by atoms with van der Waals surface area (Å²) in [5.41, 5.74) is 2.22. The van der Waals surface area contributed by atoms with Crippen molar-refractivity contribution in [2.45, 2.75) is 117 Å². The molecule has 0 N–H and O–H groups in total. The van der Waals surface area contributed by atoms with Crippen molar-refractivity contribution in [3.8, 4) is 0 Å². The van der Waals surface area contributed by atoms with Gasteiger partial charge in [0.2, 0.25) is 0 Å². The minimum atomic E-state index is -0.641. The van der Waals surface area contributed by atoms with Crippen LogP contribution in [0.15, 0.2) is 60.7 Å². The smallest absolute Gasteiger partial charge is 0.410 e. The van der Waals surface area contributed by atoms with E-state index in [-0.39, 0.29) is 13.5 Å². The van der Waals surface area contributed by atoms with Crippen molar-refractivity contribution in [2.75, 3.05) is 19.7 Å². The lowest BCUT2D eigenvalue weighted by Gasteiger charge is -2.46. The van der Waals surface area contributed by atoms with Gasteiger partial charge in [-0.3, -0.25) is 9.80 Å². The Morgan fingerprint density at radius 1 is 0.745 bits per heavy atom. The van der Waals surface area contributed by atoms with Gasteiger partial charge < -0.3 is 9.64 Å². The molecule has 0 aromatic heterocycles. The molecule has 2 aromatic rings. The first-order chi connectivity index (χ1) is 22.0. The van der Waals surface area contributed by atoms with E-state index in [0.717, 1.165) is 55.0 Å². The fourth-order valence-electron chi connectivity index (χ4n) is 10.4. The van der Waals surface area contributed by atoms with Gasteiger partial charge in [0.1, 0.15) is 5.57 Å². The predicted molar refractivity (Wildman–Crippen MR) is 207 cm³/mol. The number of halogens is 1. The third kappa shape index (κ3) is 8.49. The molecule has 10 atom stereocenters. The second-order valence-electron chi connectivity index (χ2n) is 16.3. The zero-order chi connectivity index (χ0) is 32.6. The number of carbonyl (C=O) groups excluding carboxylic acids is 1. The average Bonchev–Trinajstić information content (AvgIpc) is 3.24. The van der Waals surface area contributed by atoms with Crippen LogP contribution in [0.3, 0.4) is 0 Å². The number of nitrogens with zero attached hydrogens (tertiary/aromatic N) is 3. The highest BCUT2D eigenvalue weighted by Crippen LogP contribution is 2.54. The Labute approximate surface area is 300 Å². The summed E-state index contributed by atoms with van der Waals surface area (Å²) in [6.45, 7) is 18.8. The third-order valence-electron chi connectivity index (χ3n) is 11.8. The van der Waals surface area contributed by atoms with Crippen molar-refractivity contribution in [3.63, 3.8) is 0 Å². The summed E-state index contributed by atoms with van der Waals surface area (Å²) < 4.78 is 5.34. The van der Waals surface area contributed by atoms with Gasteiger partial charge in [-0.25, -0.2) is 4.79 Å². The SMILES string of the molecule is C.CCOC(=O)N1C2CC3CC1[C@H](C)C2N(Cc1ccccc1)C3.C[C@H]1C2CC3CC(C2)C1N(Cc1ccccc1)C3.C[Si](C)(C)I. The van der Waals surface area contributed by atoms with E-state index in [0.29, 0.717) is 30.7 Å². The Morgan fingerprint density at radius 3 is 1.79 bits per heavy atom. The molecular weight excluding hydrogens is 709 g/mol. The summed E-state index contributed by atoms with van der Waals surface area (Å²) >= 11 is 2.52. The molecule has 8 rings (SSSR count). The average molecular weight is 772 g/mol. The predicted octanol–water partition coefficient (Wildman–Crippen LogP) is 9.57. The lowest BCUT2D eigenvalue weighted by Crippen LogP contribution is -2.57. The van der Waals surface area contributed by atoms with E-state index < -0.39 is 5.57 Å². The van der Waals surface area contributed by atoms with Gasteiger partial charge in [0.25, 0.3) is 0 Å². The maximum Gasteiger partial charge on any atom is 0.410 e. The van der Waals surface area contributed by atoms with E-state index in [1.807, 2.05) is 6.92 Å². The number of amides is 1. The standard InChI is InChI=1S/C19H26N2O2.C17H23N.C3H9ISi.CH4/c1-3-23-19(22)21-16-9-15-10-17(21)18(13(16)2)20(12-15)11-14-7-5-4-6-8-14;1-12-15-7-14-8-16(9-15)17(12)18(11-14)10-13-5-3-2-4-6-13;1-5(2,3)4;/h4-8,13,15-18H,3,9-12H2,1-2H3;2-6,12,14-17H,7-11H2,1H3;1-3H3;1H4/t13-,15?,16?,17?,18?;12-,14?,15?,16?,17?;;/m00../s1. The summed E-state index contributed by atoms with van der Waals surface area (Å²) in [6.07, 6.45) is 6.74. The van der Waals surface area contributed by atoms with Crippen molar-refractivity contribution in [1.82, 2.24) is 14.7 Å². The highest BCUT2D eigenvalue weighted by molar-refractivity contribution is 14.1. The molecule has 2 saturated carbocycles. The zero-order valence-corrected chi connectivity index (χ0v) is 32.3. The number of fused-ring (bicyclic) bond motifs is 4. The number of likely N-dealkylation sites (tertiary alicyclic amines) is 2. The molecule has 5 nitrogen and oxygen atoms in total. The third-order valence-corrected chi connectivity index (χ3v) is 11.8. The van der Waals surface area contributed by atoms with Crippen LogP contribution in [0, 0.1) is 35.5 Å². The van der Waals surface area contributed by atoms with Crippen LogP contribution in [-0.2, 0) is 17.8 Å². The van der Waals surface area contributed by atoms with Crippen LogP contribution in [0.25, 0.3) is 0 Å². The van der Waals surface area contributed by atoms with Gasteiger partial charge in [-0.15, -0.1) is 21.8 Å². The van der Waals surface area contributed by atoms with Crippen molar-refractivity contribution < 1.29 is 9.53 Å². The fourth-order valence-corrected chi connectivity index (χ4v) is 10.4. The van der Waals surface area contributed by atoms with Crippen LogP contribution in [0.5, 0.6) is 0 Å². The monoisotopic (exact) mass is 771 g/mol. The number of hydrogen-bond donors (Lipinski definition) is 0. The van der Waals surface area contributed by atoms with E-state index in [1.54, 1.807) is 0 Å². The number of ether oxygens (including phenoxy) is 1. The van der Waals surface area contributed by atoms with Gasteiger partial charge in [0, 0.05) is 44.3 Å². The number of hydrogen-bond acceptors (Lipinski definition) is 4. The lowest BCUT2D eigenvalue weighted by molar-refractivity contribution is 0.00922. The molecule has 47 heavy (non-hydrogen) atoms. The van der Waals surface area contributed by atoms with E-state index >= 15 is 0 Å². The van der Waals surface area contributed by atoms with Crippen LogP contribution in [-0.4, -0.2) is 70.2 Å². The normalized spacial score (nSPS) is 34.9. The molecule has 260 valence electrons. The molecule has 6 bridgehead atoms. The number of piperidine rings is 3. The molecule has 6 fully saturated rings. The summed E-state index contributed by atoms with van der Waals surface area (Å²) in [5, 5.41) is 0. The first-order valence-corrected chi connectivity index (χ1v) is 24.8. The number of carbonyl (C=O) groups is 1. The minimum Gasteiger partial charge on any atom is -0.450 e. The summed E-state index contributed by atoms with van der Waals surface area (Å²) in [6, 6.07) is 23.8. The van der Waals surface area contributed by atoms with Crippen LogP contribution in [0.4, 0.5) is 4.79 Å². The molecule has 4 aliphatic heterocycles. The molecule has 0 spiro atoms. The van der Waals surface area contributed by atoms with Crippen LogP contribution in [0.2, 0.25) is 19.6 Å². The Kier molecular flexibility index (Phi) is 12.3. The van der Waals surface area contributed by atoms with Crippen molar-refractivity contribution in [1.29, 1.82) is 0 Å². The Balaban J connectivity index is 0.000000162. The maximum atomic E-state index is 12.4. The first-order valence-electron chi connectivity index (χ1n) is 18.2. The van der Waals surface area contributed by atoms with Crippen LogP contribution in [0.1, 0.15) is 71.4 Å². The fraction of sp³-hybridized carbons (Fsp3) is 0.675. The minimum absolute atomic E-state index is 0. The zero-order valence-electron chi connectivity index (χ0n) is 29.2. The number of benzene rings is 2. The van der Waals surface area contributed by atoms with Crippen molar-refractivity contribution in [3.05, 3.63) is 71.8 Å². The largest absolute Gasteiger partial charge is 0.450 e. The van der Waals surface area contributed by atoms with Gasteiger partial charge in [-0.1, -0.05) is 102 Å². The second kappa shape index (κ2) is 15.6. The molecule has 6 aliphatic rings. The van der Waals surface area contributed by atoms with Crippen LogP contribution >= 0.6 is 21.8 Å². The summed E-state index contributed by atoms with van der Waals surface area (Å²) in [5.74, 6) is 5.24. The molecule has 4 heterocycles. The molecule has 4 saturated heterocycles. The molecule has 8 unspecified atom stereocenters. The molecule has 2 aliphatic carbocycles. The van der Waals surface area contributed by atoms with Gasteiger partial charge >= 0.3 is 6.09 Å². The maximum absolute atomic E-state index is 12.4. The summed E-state index contributed by atoms with van der Waals surface area (Å²) in [4.78, 5) is 19.9. The highest BCUT2D eigenvalue weighted by Gasteiger charge is 2.58. The van der Waals surface area contributed by atoms with E-state index in [2.05, 4.69) is 131 Å². The Morgan fingerprint density at radius 2 is 1.23 bits per heavy atom. The van der Waals surface area contributed by atoms with Crippen LogP contribution < -0.4 is 0 Å². The van der Waals surface area contributed by atoms with E-state index in [1.165, 1.54) is 50.0 Å². The topological polar surface area (TPSA) is 36.0 Å². The van der Waals surface area contributed by atoms with Gasteiger partial charge in [-0.05, 0) is 85.7 Å². The Bertz CT molecular complexity index is 1280. The van der Waals surface area contributed by atoms with Gasteiger partial charge in [0.15, 0.2) is 0 Å². The molecule has 1 amide bonds. The highest BCUT2D eigenvalue weighted by atomic mass is 127. The second-order valence-corrected chi connectivity index (χ2v) is 30.1. The molecular formula is C40H62IN3O2Si. The number of rotatable bonds is 5. The molecule has 7 heteroatoms. The summed E-state index contributed by atoms with van der Waals surface area (Å²) in [7, 11) is 0. The molecule has 2 aromatic carbocycles. The lowest BCUT2D eigenvalue weighted by atomic mass is 9.77. The first kappa shape index (κ1) is 36.8. The van der Waals surface area contributed by atoms with E-state index in [9.17, 15) is 4.79 Å². The Hall–Kier alpha value is -1.42. The van der Waals surface area contributed by atoms with Crippen molar-refractivity contribution >= 4 is 33.5 Å². The van der Waals surface area contributed by atoms with Gasteiger partial charge in [0.05, 0.1) is 12.6 Å². The quantitative estimate of drug-likeness (QED) is 0.173. The van der Waals surface area contributed by atoms with Crippen molar-refractivity contribution in [2.24, 2.45) is 35.5 Å². The van der Waals surface area contributed by atoms with Gasteiger partial charge in [-0.2, -0.15) is 0 Å². The van der Waals surface area contributed by atoms with E-state index in [4.69, 9.17) is 4.74 Å².